The van der Waals surface area contributed by atoms with Crippen molar-refractivity contribution >= 4 is 11.7 Å². The molecule has 0 aliphatic carbocycles. The second kappa shape index (κ2) is 13.4. The zero-order valence-corrected chi connectivity index (χ0v) is 21.6. The van der Waals surface area contributed by atoms with Crippen LogP contribution in [0.1, 0.15) is 79.0 Å². The molecule has 37 heavy (non-hydrogen) atoms. The molecular formula is C30H37FN2O4. The van der Waals surface area contributed by atoms with Gasteiger partial charge in [-0.3, -0.25) is 9.59 Å². The molecule has 2 heterocycles. The van der Waals surface area contributed by atoms with Gasteiger partial charge in [-0.15, -0.1) is 0 Å². The number of benzene rings is 2. The zero-order valence-electron chi connectivity index (χ0n) is 21.6. The molecule has 7 heteroatoms. The third-order valence-corrected chi connectivity index (χ3v) is 6.95. The van der Waals surface area contributed by atoms with Crippen molar-refractivity contribution < 1.29 is 23.5 Å². The molecule has 0 bridgehead atoms. The number of nitrogens with zero attached hydrogens (tertiary/aromatic N) is 1. The van der Waals surface area contributed by atoms with Crippen LogP contribution in [0.5, 0.6) is 11.5 Å². The first-order valence-electron chi connectivity index (χ1n) is 13.5. The van der Waals surface area contributed by atoms with Crippen molar-refractivity contribution in [2.24, 2.45) is 0 Å². The van der Waals surface area contributed by atoms with Crippen LogP contribution < -0.4 is 14.8 Å². The summed E-state index contributed by atoms with van der Waals surface area (Å²) in [5.41, 5.74) is 1.01. The molecule has 2 aromatic rings. The second-order valence-electron chi connectivity index (χ2n) is 9.78. The summed E-state index contributed by atoms with van der Waals surface area (Å²) in [5, 5.41) is 3.06. The van der Waals surface area contributed by atoms with E-state index in [0.717, 1.165) is 58.2 Å². The average molecular weight is 509 g/mol. The van der Waals surface area contributed by atoms with E-state index in [9.17, 15) is 14.0 Å². The number of unbranched alkanes of at least 4 members (excludes halogenated alkanes) is 4. The zero-order chi connectivity index (χ0) is 26.0. The summed E-state index contributed by atoms with van der Waals surface area (Å²) in [6.07, 6.45) is 9.97. The van der Waals surface area contributed by atoms with Crippen LogP contribution >= 0.6 is 0 Å². The molecule has 1 N–H and O–H groups in total. The molecule has 2 aliphatic rings. The Morgan fingerprint density at radius 2 is 1.89 bits per heavy atom. The van der Waals surface area contributed by atoms with Crippen LogP contribution in [0.3, 0.4) is 0 Å². The van der Waals surface area contributed by atoms with Crippen molar-refractivity contribution in [3.63, 3.8) is 0 Å². The maximum Gasteiger partial charge on any atom is 0.251 e. The number of carbonyl (C=O) groups excluding carboxylic acids is 2. The fourth-order valence-electron chi connectivity index (χ4n) is 4.81. The molecule has 2 aromatic carbocycles. The highest BCUT2D eigenvalue weighted by Gasteiger charge is 2.30. The second-order valence-corrected chi connectivity index (χ2v) is 9.78. The summed E-state index contributed by atoms with van der Waals surface area (Å²) < 4.78 is 24.9. The number of Topliss-reactive ketones (excluding diaryl/α,β-unsaturated/α-hetero) is 1. The maximum absolute atomic E-state index is 13.1. The molecular weight excluding hydrogens is 471 g/mol. The van der Waals surface area contributed by atoms with E-state index in [1.165, 1.54) is 37.1 Å². The van der Waals surface area contributed by atoms with Gasteiger partial charge in [-0.05, 0) is 74.6 Å². The normalized spacial score (nSPS) is 17.0. The number of likely N-dealkylation sites (tertiary alicyclic amines) is 1. The van der Waals surface area contributed by atoms with Gasteiger partial charge in [0.1, 0.15) is 22.9 Å². The van der Waals surface area contributed by atoms with Crippen LogP contribution in [-0.4, -0.2) is 48.9 Å². The SMILES string of the molecule is CCCCCCC=C1Oc2cccc(OCCCN3CCC(NC(=O)c4ccc(F)cc4)CC3)c2C1=O. The average Bonchev–Trinajstić information content (AvgIpc) is 3.23. The molecule has 2 aliphatic heterocycles. The van der Waals surface area contributed by atoms with E-state index in [2.05, 4.69) is 17.1 Å². The van der Waals surface area contributed by atoms with E-state index in [4.69, 9.17) is 9.47 Å². The maximum atomic E-state index is 13.1. The molecule has 0 spiro atoms. The third-order valence-electron chi connectivity index (χ3n) is 6.95. The van der Waals surface area contributed by atoms with Crippen molar-refractivity contribution in [1.29, 1.82) is 0 Å². The summed E-state index contributed by atoms with van der Waals surface area (Å²) in [5.74, 6) is 0.976. The molecule has 1 amide bonds. The topological polar surface area (TPSA) is 67.9 Å². The molecule has 0 radical (unpaired) electrons. The molecule has 1 saturated heterocycles. The molecule has 6 nitrogen and oxygen atoms in total. The van der Waals surface area contributed by atoms with Gasteiger partial charge in [0.2, 0.25) is 5.78 Å². The highest BCUT2D eigenvalue weighted by Crippen LogP contribution is 2.37. The highest BCUT2D eigenvalue weighted by atomic mass is 19.1. The van der Waals surface area contributed by atoms with Crippen molar-refractivity contribution in [2.75, 3.05) is 26.2 Å². The van der Waals surface area contributed by atoms with Gasteiger partial charge >= 0.3 is 0 Å². The van der Waals surface area contributed by atoms with E-state index in [-0.39, 0.29) is 23.5 Å². The number of allylic oxidation sites excluding steroid dienone is 2. The lowest BCUT2D eigenvalue weighted by Crippen LogP contribution is -2.45. The largest absolute Gasteiger partial charge is 0.493 e. The summed E-state index contributed by atoms with van der Waals surface area (Å²) in [7, 11) is 0. The number of ether oxygens (including phenoxy) is 2. The lowest BCUT2D eigenvalue weighted by molar-refractivity contribution is 0.0909. The van der Waals surface area contributed by atoms with Gasteiger partial charge in [0.05, 0.1) is 6.61 Å². The van der Waals surface area contributed by atoms with Crippen LogP contribution in [0, 0.1) is 5.82 Å². The van der Waals surface area contributed by atoms with Crippen LogP contribution in [0.15, 0.2) is 54.3 Å². The standard InChI is InChI=1S/C30H37FN2O4/c1-2-3-4-5-6-9-27-29(34)28-25(10-7-11-26(28)37-27)36-21-8-18-33-19-16-24(17-20-33)32-30(35)22-12-14-23(31)15-13-22/h7,9-15,24H,2-6,8,16-21H2,1H3,(H,32,35). The predicted octanol–water partition coefficient (Wildman–Crippen LogP) is 5.92. The summed E-state index contributed by atoms with van der Waals surface area (Å²) in [4.78, 5) is 27.6. The lowest BCUT2D eigenvalue weighted by atomic mass is 10.0. The number of nitrogens with one attached hydrogen (secondary N) is 1. The van der Waals surface area contributed by atoms with Crippen molar-refractivity contribution in [1.82, 2.24) is 10.2 Å². The minimum absolute atomic E-state index is 0.0918. The molecule has 0 atom stereocenters. The Morgan fingerprint density at radius 3 is 2.65 bits per heavy atom. The lowest BCUT2D eigenvalue weighted by Gasteiger charge is -2.32. The van der Waals surface area contributed by atoms with Gasteiger partial charge < -0.3 is 19.7 Å². The summed E-state index contributed by atoms with van der Waals surface area (Å²) >= 11 is 0. The van der Waals surface area contributed by atoms with Crippen molar-refractivity contribution in [2.45, 2.75) is 64.3 Å². The number of ketones is 1. The third kappa shape index (κ3) is 7.41. The van der Waals surface area contributed by atoms with Gasteiger partial charge in [-0.25, -0.2) is 4.39 Å². The Morgan fingerprint density at radius 1 is 1.11 bits per heavy atom. The fourth-order valence-corrected chi connectivity index (χ4v) is 4.81. The number of hydrogen-bond donors (Lipinski definition) is 1. The van der Waals surface area contributed by atoms with Gasteiger partial charge in [-0.2, -0.15) is 0 Å². The molecule has 4 rings (SSSR count). The Bertz CT molecular complexity index is 1090. The summed E-state index contributed by atoms with van der Waals surface area (Å²) in [6.45, 7) is 5.38. The Labute approximate surface area is 218 Å². The first-order valence-corrected chi connectivity index (χ1v) is 13.5. The van der Waals surface area contributed by atoms with Gasteiger partial charge in [0.15, 0.2) is 5.76 Å². The van der Waals surface area contributed by atoms with Crippen molar-refractivity contribution in [3.05, 3.63) is 71.2 Å². The number of piperidine rings is 1. The molecule has 0 aromatic heterocycles. The summed E-state index contributed by atoms with van der Waals surface area (Å²) in [6, 6.07) is 11.2. The minimum Gasteiger partial charge on any atom is -0.493 e. The number of amides is 1. The number of carbonyl (C=O) groups is 2. The predicted molar refractivity (Wildman–Crippen MR) is 142 cm³/mol. The first kappa shape index (κ1) is 26.9. The molecule has 198 valence electrons. The number of halogens is 1. The first-order chi connectivity index (χ1) is 18.0. The Hall–Kier alpha value is -3.19. The van der Waals surface area contributed by atoms with Crippen LogP contribution in [0.25, 0.3) is 0 Å². The van der Waals surface area contributed by atoms with Crippen molar-refractivity contribution in [3.8, 4) is 11.5 Å². The van der Waals surface area contributed by atoms with E-state index < -0.39 is 0 Å². The Kier molecular flexibility index (Phi) is 9.71. The molecule has 1 fully saturated rings. The minimum atomic E-state index is -0.347. The number of hydrogen-bond acceptors (Lipinski definition) is 5. The van der Waals surface area contributed by atoms with Gasteiger partial charge in [0.25, 0.3) is 5.91 Å². The van der Waals surface area contributed by atoms with E-state index in [0.29, 0.717) is 35.0 Å². The fraction of sp³-hybridized carbons (Fsp3) is 0.467. The van der Waals surface area contributed by atoms with Gasteiger partial charge in [-0.1, -0.05) is 32.3 Å². The number of fused-ring (bicyclic) bond motifs is 1. The van der Waals surface area contributed by atoms with Crippen LogP contribution in [-0.2, 0) is 0 Å². The van der Waals surface area contributed by atoms with Crippen LogP contribution in [0.4, 0.5) is 4.39 Å². The van der Waals surface area contributed by atoms with E-state index in [1.54, 1.807) is 0 Å². The molecule has 0 saturated carbocycles. The van der Waals surface area contributed by atoms with E-state index in [1.807, 2.05) is 24.3 Å². The quantitative estimate of drug-likeness (QED) is 0.285. The number of rotatable bonds is 12. The highest BCUT2D eigenvalue weighted by molar-refractivity contribution is 6.14. The monoisotopic (exact) mass is 508 g/mol. The van der Waals surface area contributed by atoms with Crippen LogP contribution in [0.2, 0.25) is 0 Å². The Balaban J connectivity index is 1.17. The van der Waals surface area contributed by atoms with Gasteiger partial charge in [0, 0.05) is 31.2 Å². The smallest absolute Gasteiger partial charge is 0.251 e. The molecule has 0 unspecified atom stereocenters. The van der Waals surface area contributed by atoms with E-state index >= 15 is 0 Å².